The van der Waals surface area contributed by atoms with Crippen molar-refractivity contribution in [2.75, 3.05) is 5.75 Å². The van der Waals surface area contributed by atoms with Crippen molar-refractivity contribution in [2.24, 2.45) is 0 Å². The quantitative estimate of drug-likeness (QED) is 0.790. The summed E-state index contributed by atoms with van der Waals surface area (Å²) in [4.78, 5) is 16.5. The van der Waals surface area contributed by atoms with Crippen LogP contribution in [0.5, 0.6) is 0 Å². The summed E-state index contributed by atoms with van der Waals surface area (Å²) in [5, 5.41) is 11.7. The Morgan fingerprint density at radius 2 is 2.29 bits per heavy atom. The topological polar surface area (TPSA) is 55.1 Å². The van der Waals surface area contributed by atoms with E-state index in [0.29, 0.717) is 0 Å². The number of hydrogen-bond donors (Lipinski definition) is 1. The molecule has 0 fully saturated rings. The number of aliphatic carboxylic acids is 1. The number of imidazole rings is 1. The first-order valence-corrected chi connectivity index (χ1v) is 8.73. The highest BCUT2D eigenvalue weighted by Gasteiger charge is 2.25. The fraction of sp³-hybridized carbons (Fsp3) is 0.467. The first-order valence-electron chi connectivity index (χ1n) is 6.87. The third-order valence-electron chi connectivity index (χ3n) is 3.33. The molecule has 21 heavy (non-hydrogen) atoms. The van der Waals surface area contributed by atoms with E-state index < -0.39 is 5.97 Å². The van der Waals surface area contributed by atoms with Crippen molar-refractivity contribution in [3.8, 4) is 0 Å². The second-order valence-electron chi connectivity index (χ2n) is 5.52. The predicted molar refractivity (Wildman–Crippen MR) is 87.3 cm³/mol. The summed E-state index contributed by atoms with van der Waals surface area (Å²) in [5.74, 6) is -0.773. The van der Waals surface area contributed by atoms with Gasteiger partial charge in [-0.15, -0.1) is 11.3 Å². The molecule has 4 nitrogen and oxygen atoms in total. The van der Waals surface area contributed by atoms with E-state index in [4.69, 9.17) is 5.11 Å². The van der Waals surface area contributed by atoms with Crippen LogP contribution in [0.3, 0.4) is 0 Å². The minimum absolute atomic E-state index is 0.00266. The van der Waals surface area contributed by atoms with Gasteiger partial charge in [0, 0.05) is 28.7 Å². The summed E-state index contributed by atoms with van der Waals surface area (Å²) in [6.45, 7) is 7.32. The molecule has 0 radical (unpaired) electrons. The van der Waals surface area contributed by atoms with E-state index in [0.717, 1.165) is 23.8 Å². The van der Waals surface area contributed by atoms with Crippen molar-refractivity contribution in [1.29, 1.82) is 0 Å². The molecule has 0 aromatic carbocycles. The van der Waals surface area contributed by atoms with Crippen LogP contribution in [0.4, 0.5) is 0 Å². The normalized spacial score (nSPS) is 11.8. The summed E-state index contributed by atoms with van der Waals surface area (Å²) in [6.07, 6.45) is 2.75. The van der Waals surface area contributed by atoms with Gasteiger partial charge in [0.15, 0.2) is 5.16 Å². The van der Waals surface area contributed by atoms with Crippen molar-refractivity contribution in [3.63, 3.8) is 0 Å². The van der Waals surface area contributed by atoms with E-state index in [1.165, 1.54) is 16.6 Å². The number of nitrogens with zero attached hydrogens (tertiary/aromatic N) is 2. The van der Waals surface area contributed by atoms with Crippen molar-refractivity contribution in [2.45, 2.75) is 44.3 Å². The summed E-state index contributed by atoms with van der Waals surface area (Å²) in [7, 11) is 0. The molecule has 0 aliphatic carbocycles. The molecule has 0 aliphatic rings. The lowest BCUT2D eigenvalue weighted by Crippen LogP contribution is -2.25. The lowest BCUT2D eigenvalue weighted by molar-refractivity contribution is -0.133. The molecule has 0 bridgehead atoms. The molecule has 0 atom stereocenters. The second kappa shape index (κ2) is 6.66. The first kappa shape index (κ1) is 16.1. The number of carboxylic acid groups (broad SMARTS) is 1. The Kier molecular flexibility index (Phi) is 5.11. The van der Waals surface area contributed by atoms with Gasteiger partial charge < -0.3 is 9.67 Å². The Labute approximate surface area is 133 Å². The minimum atomic E-state index is -0.815. The Balaban J connectivity index is 2.25. The van der Waals surface area contributed by atoms with Crippen molar-refractivity contribution in [3.05, 3.63) is 34.3 Å². The highest BCUT2D eigenvalue weighted by Crippen LogP contribution is 2.31. The van der Waals surface area contributed by atoms with Gasteiger partial charge >= 0.3 is 5.97 Å². The van der Waals surface area contributed by atoms with E-state index in [9.17, 15) is 4.79 Å². The van der Waals surface area contributed by atoms with Crippen LogP contribution in [0.1, 0.15) is 31.3 Å². The molecule has 1 N–H and O–H groups in total. The predicted octanol–water partition coefficient (Wildman–Crippen LogP) is 3.66. The van der Waals surface area contributed by atoms with Gasteiger partial charge in [-0.05, 0) is 17.9 Å². The molecule has 0 spiro atoms. The summed E-state index contributed by atoms with van der Waals surface area (Å²) in [6, 6.07) is 4.22. The number of carboxylic acids is 1. The van der Waals surface area contributed by atoms with Crippen LogP contribution in [-0.2, 0) is 23.2 Å². The lowest BCUT2D eigenvalue weighted by atomic mass is 9.91. The van der Waals surface area contributed by atoms with Crippen molar-refractivity contribution < 1.29 is 9.90 Å². The third kappa shape index (κ3) is 3.89. The van der Waals surface area contributed by atoms with E-state index in [1.807, 2.05) is 6.20 Å². The first-order chi connectivity index (χ1) is 9.94. The van der Waals surface area contributed by atoms with Crippen LogP contribution in [0.2, 0.25) is 0 Å². The number of aromatic nitrogens is 2. The van der Waals surface area contributed by atoms with Gasteiger partial charge in [-0.1, -0.05) is 38.6 Å². The molecular weight excluding hydrogens is 304 g/mol. The number of thioether (sulfide) groups is 1. The molecule has 0 saturated carbocycles. The minimum Gasteiger partial charge on any atom is -0.481 e. The zero-order valence-corrected chi connectivity index (χ0v) is 14.1. The molecule has 0 saturated heterocycles. The van der Waals surface area contributed by atoms with E-state index >= 15 is 0 Å². The number of thiophene rings is 1. The van der Waals surface area contributed by atoms with Gasteiger partial charge in [-0.3, -0.25) is 4.79 Å². The Hall–Kier alpha value is -1.27. The van der Waals surface area contributed by atoms with Gasteiger partial charge in [0.1, 0.15) is 0 Å². The Morgan fingerprint density at radius 3 is 2.86 bits per heavy atom. The summed E-state index contributed by atoms with van der Waals surface area (Å²) < 4.78 is 2.16. The number of rotatable bonds is 7. The fourth-order valence-corrected chi connectivity index (χ4v) is 3.78. The third-order valence-corrected chi connectivity index (χ3v) is 5.54. The van der Waals surface area contributed by atoms with Gasteiger partial charge in [0.05, 0.1) is 5.75 Å². The monoisotopic (exact) mass is 324 g/mol. The lowest BCUT2D eigenvalue weighted by Gasteiger charge is -2.26. The molecule has 114 valence electrons. The van der Waals surface area contributed by atoms with E-state index in [-0.39, 0.29) is 11.2 Å². The number of hydrogen-bond acceptors (Lipinski definition) is 4. The maximum absolute atomic E-state index is 10.8. The largest absolute Gasteiger partial charge is 0.481 e. The number of carbonyl (C=O) groups is 1. The van der Waals surface area contributed by atoms with Crippen LogP contribution in [0.25, 0.3) is 0 Å². The average molecular weight is 324 g/mol. The molecule has 0 aliphatic heterocycles. The van der Waals surface area contributed by atoms with Crippen LogP contribution < -0.4 is 0 Å². The van der Waals surface area contributed by atoms with Gasteiger partial charge in [0.25, 0.3) is 0 Å². The van der Waals surface area contributed by atoms with E-state index in [1.54, 1.807) is 11.3 Å². The molecule has 2 aromatic heterocycles. The molecule has 6 heteroatoms. The molecule has 0 amide bonds. The fourth-order valence-electron chi connectivity index (χ4n) is 2.22. The van der Waals surface area contributed by atoms with Gasteiger partial charge in [-0.25, -0.2) is 4.98 Å². The second-order valence-corrected chi connectivity index (χ2v) is 7.41. The molecule has 0 unspecified atom stereocenters. The maximum Gasteiger partial charge on any atom is 0.313 e. The van der Waals surface area contributed by atoms with Crippen LogP contribution in [0.15, 0.2) is 28.9 Å². The van der Waals surface area contributed by atoms with Crippen LogP contribution >= 0.6 is 23.1 Å². The highest BCUT2D eigenvalue weighted by atomic mass is 32.2. The Bertz CT molecular complexity index is 603. The van der Waals surface area contributed by atoms with Crippen molar-refractivity contribution >= 4 is 29.1 Å². The van der Waals surface area contributed by atoms with Crippen molar-refractivity contribution in [1.82, 2.24) is 9.55 Å². The smallest absolute Gasteiger partial charge is 0.313 e. The van der Waals surface area contributed by atoms with Gasteiger partial charge in [0.2, 0.25) is 0 Å². The van der Waals surface area contributed by atoms with Crippen LogP contribution in [-0.4, -0.2) is 26.4 Å². The number of aryl methyl sites for hydroxylation is 1. The van der Waals surface area contributed by atoms with E-state index in [2.05, 4.69) is 47.8 Å². The Morgan fingerprint density at radius 1 is 1.52 bits per heavy atom. The maximum atomic E-state index is 10.8. The molecular formula is C15H20N2O2S2. The zero-order valence-electron chi connectivity index (χ0n) is 12.5. The standard InChI is InChI=1S/C15H20N2O2S2/c1-4-11-8-16-14(21-9-13(18)19)17(11)10-15(2,3)12-6-5-7-20-12/h5-8H,4,9-10H2,1-3H3,(H,18,19). The molecule has 2 aromatic rings. The summed E-state index contributed by atoms with van der Waals surface area (Å²) in [5.41, 5.74) is 1.14. The average Bonchev–Trinajstić information content (AvgIpc) is 3.05. The van der Waals surface area contributed by atoms with Gasteiger partial charge in [-0.2, -0.15) is 0 Å². The molecule has 2 heterocycles. The molecule has 2 rings (SSSR count). The van der Waals surface area contributed by atoms with Crippen LogP contribution in [0, 0.1) is 0 Å². The highest BCUT2D eigenvalue weighted by molar-refractivity contribution is 7.99. The summed E-state index contributed by atoms with van der Waals surface area (Å²) >= 11 is 3.04. The SMILES string of the molecule is CCc1cnc(SCC(=O)O)n1CC(C)(C)c1cccs1. The zero-order chi connectivity index (χ0) is 15.5.